The van der Waals surface area contributed by atoms with E-state index in [4.69, 9.17) is 5.26 Å². The minimum atomic E-state index is -3.60. The summed E-state index contributed by atoms with van der Waals surface area (Å²) in [5.41, 5.74) is 1.65. The predicted molar refractivity (Wildman–Crippen MR) is 36.6 cm³/mol. The fraction of sp³-hybridized carbons (Fsp3) is 0.500. The van der Waals surface area contributed by atoms with Gasteiger partial charge in [-0.3, -0.25) is 10.2 Å². The molecule has 0 aromatic heterocycles. The van der Waals surface area contributed by atoms with Crippen molar-refractivity contribution in [1.82, 2.24) is 5.43 Å². The quantitative estimate of drug-likeness (QED) is 0.291. The molecule has 0 aromatic carbocycles. The Morgan fingerprint density at radius 2 is 2.18 bits per heavy atom. The molecule has 0 atom stereocenters. The normalized spacial score (nSPS) is 10.2. The van der Waals surface area contributed by atoms with E-state index in [-0.39, 0.29) is 0 Å². The summed E-state index contributed by atoms with van der Waals surface area (Å²) < 4.78 is 21.3. The highest BCUT2D eigenvalue weighted by molar-refractivity contribution is 7.92. The van der Waals surface area contributed by atoms with Gasteiger partial charge in [0.2, 0.25) is 5.91 Å². The summed E-state index contributed by atoms with van der Waals surface area (Å²) in [6.07, 6.45) is 0. The maximum Gasteiger partial charge on any atom is 0.249 e. The number of hydrogen-bond acceptors (Lipinski definition) is 5. The van der Waals surface area contributed by atoms with Gasteiger partial charge in [0.1, 0.15) is 11.5 Å². The Balaban J connectivity index is 4.17. The third-order valence-corrected chi connectivity index (χ3v) is 2.07. The van der Waals surface area contributed by atoms with Crippen LogP contribution in [0.15, 0.2) is 0 Å². The van der Waals surface area contributed by atoms with Gasteiger partial charge in [-0.2, -0.15) is 5.26 Å². The number of sulfone groups is 1. The van der Waals surface area contributed by atoms with Crippen molar-refractivity contribution < 1.29 is 13.2 Å². The Labute approximate surface area is 63.9 Å². The number of nitrogens with two attached hydrogens (primary N) is 1. The van der Waals surface area contributed by atoms with E-state index in [0.717, 1.165) is 0 Å². The van der Waals surface area contributed by atoms with E-state index >= 15 is 0 Å². The van der Waals surface area contributed by atoms with Crippen molar-refractivity contribution in [3.63, 3.8) is 0 Å². The highest BCUT2D eigenvalue weighted by atomic mass is 32.2. The summed E-state index contributed by atoms with van der Waals surface area (Å²) in [7, 11) is -3.60. The fourth-order valence-electron chi connectivity index (χ4n) is 0.391. The second-order valence-corrected chi connectivity index (χ2v) is 3.82. The smallest absolute Gasteiger partial charge is 0.249 e. The largest absolute Gasteiger partial charge is 0.293 e. The molecule has 0 radical (unpaired) electrons. The number of rotatable bonds is 3. The molecule has 11 heavy (non-hydrogen) atoms. The predicted octanol–water partition coefficient (Wildman–Crippen LogP) is -2.09. The molecule has 0 aliphatic rings. The fourth-order valence-corrected chi connectivity index (χ4v) is 1.17. The van der Waals surface area contributed by atoms with Crippen LogP contribution in [-0.2, 0) is 14.6 Å². The summed E-state index contributed by atoms with van der Waals surface area (Å²) >= 11 is 0. The van der Waals surface area contributed by atoms with Gasteiger partial charge in [-0.1, -0.05) is 0 Å². The van der Waals surface area contributed by atoms with Crippen LogP contribution in [0.2, 0.25) is 0 Å². The number of amides is 1. The lowest BCUT2D eigenvalue weighted by molar-refractivity contribution is -0.118. The SMILES string of the molecule is N#CCS(=O)(=O)CC(=O)NN. The molecule has 0 fully saturated rings. The molecule has 0 spiro atoms. The molecule has 0 saturated carbocycles. The standard InChI is InChI=1S/C4H7N3O3S/c5-1-2-11(9,10)3-4(8)7-6/h2-3,6H2,(H,7,8). The highest BCUT2D eigenvalue weighted by Crippen LogP contribution is 1.87. The molecule has 0 aliphatic carbocycles. The van der Waals surface area contributed by atoms with Crippen LogP contribution in [0.3, 0.4) is 0 Å². The molecular weight excluding hydrogens is 170 g/mol. The van der Waals surface area contributed by atoms with Crippen LogP contribution in [0, 0.1) is 11.3 Å². The molecule has 3 N–H and O–H groups in total. The van der Waals surface area contributed by atoms with E-state index in [9.17, 15) is 13.2 Å². The second-order valence-electron chi connectivity index (χ2n) is 1.76. The van der Waals surface area contributed by atoms with Crippen LogP contribution in [-0.4, -0.2) is 25.8 Å². The third kappa shape index (κ3) is 4.30. The maximum absolute atomic E-state index is 10.7. The van der Waals surface area contributed by atoms with Gasteiger partial charge in [-0.15, -0.1) is 0 Å². The first kappa shape index (κ1) is 9.87. The van der Waals surface area contributed by atoms with Crippen molar-refractivity contribution in [2.24, 2.45) is 5.84 Å². The van der Waals surface area contributed by atoms with Crippen LogP contribution >= 0.6 is 0 Å². The van der Waals surface area contributed by atoms with Gasteiger partial charge >= 0.3 is 0 Å². The minimum Gasteiger partial charge on any atom is -0.293 e. The second kappa shape index (κ2) is 3.90. The molecule has 0 bridgehead atoms. The summed E-state index contributed by atoms with van der Waals surface area (Å²) in [5, 5.41) is 8.00. The zero-order valence-corrected chi connectivity index (χ0v) is 6.39. The molecule has 6 nitrogen and oxygen atoms in total. The number of nitrogens with zero attached hydrogens (tertiary/aromatic N) is 1. The average molecular weight is 177 g/mol. The first-order chi connectivity index (χ1) is 5.02. The highest BCUT2D eigenvalue weighted by Gasteiger charge is 2.14. The number of carbonyl (C=O) groups is 1. The lowest BCUT2D eigenvalue weighted by Crippen LogP contribution is -2.35. The average Bonchev–Trinajstić information content (AvgIpc) is 1.86. The summed E-state index contributed by atoms with van der Waals surface area (Å²) in [5.74, 6) is 2.40. The molecule has 0 aliphatic heterocycles. The Bertz CT molecular complexity index is 275. The zero-order valence-electron chi connectivity index (χ0n) is 5.57. The number of carbonyl (C=O) groups excluding carboxylic acids is 1. The molecule has 0 unspecified atom stereocenters. The van der Waals surface area contributed by atoms with E-state index in [1.54, 1.807) is 5.43 Å². The molecule has 62 valence electrons. The van der Waals surface area contributed by atoms with Gasteiger partial charge in [-0.25, -0.2) is 14.3 Å². The van der Waals surface area contributed by atoms with Crippen LogP contribution in [0.1, 0.15) is 0 Å². The van der Waals surface area contributed by atoms with Gasteiger partial charge < -0.3 is 0 Å². The van der Waals surface area contributed by atoms with E-state index < -0.39 is 27.3 Å². The van der Waals surface area contributed by atoms with Gasteiger partial charge in [0.15, 0.2) is 9.84 Å². The lowest BCUT2D eigenvalue weighted by Gasteiger charge is -1.96. The Morgan fingerprint density at radius 3 is 2.55 bits per heavy atom. The lowest BCUT2D eigenvalue weighted by atomic mass is 10.7. The van der Waals surface area contributed by atoms with Crippen molar-refractivity contribution in [2.45, 2.75) is 0 Å². The van der Waals surface area contributed by atoms with Gasteiger partial charge in [0, 0.05) is 0 Å². The number of nitriles is 1. The molecule has 0 aromatic rings. The van der Waals surface area contributed by atoms with Gasteiger partial charge in [0.05, 0.1) is 6.07 Å². The third-order valence-electron chi connectivity index (χ3n) is 0.796. The monoisotopic (exact) mass is 177 g/mol. The van der Waals surface area contributed by atoms with E-state index in [0.29, 0.717) is 0 Å². The Morgan fingerprint density at radius 1 is 1.64 bits per heavy atom. The van der Waals surface area contributed by atoms with Crippen molar-refractivity contribution >= 4 is 15.7 Å². The Kier molecular flexibility index (Phi) is 3.50. The first-order valence-electron chi connectivity index (χ1n) is 2.58. The van der Waals surface area contributed by atoms with Crippen LogP contribution in [0.5, 0.6) is 0 Å². The molecule has 1 amide bonds. The van der Waals surface area contributed by atoms with Crippen molar-refractivity contribution in [1.29, 1.82) is 5.26 Å². The molecular formula is C4H7N3O3S. The number of hydrazine groups is 1. The minimum absolute atomic E-state index is 0.666. The van der Waals surface area contributed by atoms with Crippen LogP contribution in [0.25, 0.3) is 0 Å². The Hall–Kier alpha value is -1.13. The summed E-state index contributed by atoms with van der Waals surface area (Å²) in [6.45, 7) is 0. The van der Waals surface area contributed by atoms with E-state index in [1.807, 2.05) is 0 Å². The summed E-state index contributed by atoms with van der Waals surface area (Å²) in [4.78, 5) is 10.4. The van der Waals surface area contributed by atoms with E-state index in [1.165, 1.54) is 6.07 Å². The van der Waals surface area contributed by atoms with Gasteiger partial charge in [-0.05, 0) is 0 Å². The van der Waals surface area contributed by atoms with Crippen molar-refractivity contribution in [2.75, 3.05) is 11.5 Å². The summed E-state index contributed by atoms with van der Waals surface area (Å²) in [6, 6.07) is 1.43. The molecule has 0 rings (SSSR count). The zero-order chi connectivity index (χ0) is 8.91. The molecule has 0 heterocycles. The number of hydrogen-bond donors (Lipinski definition) is 2. The molecule has 7 heteroatoms. The topological polar surface area (TPSA) is 113 Å². The van der Waals surface area contributed by atoms with Crippen LogP contribution in [0.4, 0.5) is 0 Å². The maximum atomic E-state index is 10.7. The molecule has 0 saturated heterocycles. The number of nitrogens with one attached hydrogen (secondary N) is 1. The van der Waals surface area contributed by atoms with Crippen molar-refractivity contribution in [3.8, 4) is 6.07 Å². The van der Waals surface area contributed by atoms with E-state index in [2.05, 4.69) is 5.84 Å². The van der Waals surface area contributed by atoms with Crippen LogP contribution < -0.4 is 11.3 Å². The first-order valence-corrected chi connectivity index (χ1v) is 4.41. The van der Waals surface area contributed by atoms with Crippen molar-refractivity contribution in [3.05, 3.63) is 0 Å². The van der Waals surface area contributed by atoms with Gasteiger partial charge in [0.25, 0.3) is 0 Å².